The Labute approximate surface area is 268 Å². The van der Waals surface area contributed by atoms with Crippen LogP contribution in [0.25, 0.3) is 0 Å². The lowest BCUT2D eigenvalue weighted by molar-refractivity contribution is 0.253. The number of aliphatic hydroxyl groups is 1. The number of rotatable bonds is 38. The number of hydrogen-bond donors (Lipinski definition) is 1. The third-order valence-corrected chi connectivity index (χ3v) is 9.54. The summed E-state index contributed by atoms with van der Waals surface area (Å²) in [5.74, 6) is 0. The van der Waals surface area contributed by atoms with Crippen LogP contribution in [0.3, 0.4) is 0 Å². The molecule has 42 heavy (non-hydrogen) atoms. The quantitative estimate of drug-likeness (QED) is 0.0720. The molecule has 0 aliphatic heterocycles. The molecule has 0 amide bonds. The molecule has 0 aromatic carbocycles. The van der Waals surface area contributed by atoms with Crippen molar-refractivity contribution in [2.24, 2.45) is 0 Å². The highest BCUT2D eigenvalue weighted by molar-refractivity contribution is 4.61. The van der Waals surface area contributed by atoms with E-state index in [0.717, 1.165) is 6.42 Å². The lowest BCUT2D eigenvalue weighted by Gasteiger charge is -2.22. The third kappa shape index (κ3) is 36.1. The Morgan fingerprint density at radius 3 is 0.667 bits per heavy atom. The summed E-state index contributed by atoms with van der Waals surface area (Å²) in [6, 6.07) is 0. The zero-order valence-corrected chi connectivity index (χ0v) is 29.8. The van der Waals surface area contributed by atoms with Crippen LogP contribution in [-0.4, -0.2) is 36.2 Å². The maximum atomic E-state index is 8.98. The second-order valence-corrected chi connectivity index (χ2v) is 13.9. The fourth-order valence-electron chi connectivity index (χ4n) is 6.55. The second kappa shape index (κ2) is 38.9. The molecule has 0 rings (SSSR count). The second-order valence-electron chi connectivity index (χ2n) is 13.9. The highest BCUT2D eigenvalue weighted by Gasteiger charge is 2.05. The van der Waals surface area contributed by atoms with Gasteiger partial charge in [-0.1, -0.05) is 206 Å². The summed E-state index contributed by atoms with van der Waals surface area (Å²) >= 11 is 0. The van der Waals surface area contributed by atoms with Crippen LogP contribution in [0, 0.1) is 0 Å². The Morgan fingerprint density at radius 2 is 0.452 bits per heavy atom. The average molecular weight is 594 g/mol. The molecule has 0 aromatic heterocycles. The molecule has 0 saturated heterocycles. The van der Waals surface area contributed by atoms with Gasteiger partial charge in [0.2, 0.25) is 0 Å². The molecule has 0 unspecified atom stereocenters. The Hall–Kier alpha value is -0.0800. The first-order valence-electron chi connectivity index (χ1n) is 20.2. The van der Waals surface area contributed by atoms with Crippen LogP contribution in [-0.2, 0) is 0 Å². The number of unbranched alkanes of at least 4 members (excludes halogenated alkanes) is 31. The summed E-state index contributed by atoms with van der Waals surface area (Å²) in [6.07, 6.45) is 48.2. The predicted molar refractivity (Wildman–Crippen MR) is 192 cm³/mol. The van der Waals surface area contributed by atoms with Crippen LogP contribution in [0.15, 0.2) is 0 Å². The van der Waals surface area contributed by atoms with E-state index in [2.05, 4.69) is 18.7 Å². The van der Waals surface area contributed by atoms with Crippen LogP contribution < -0.4 is 0 Å². The van der Waals surface area contributed by atoms with Crippen molar-refractivity contribution in [2.45, 2.75) is 232 Å². The van der Waals surface area contributed by atoms with Gasteiger partial charge < -0.3 is 10.0 Å². The average Bonchev–Trinajstić information content (AvgIpc) is 3.00. The lowest BCUT2D eigenvalue weighted by Crippen LogP contribution is -2.27. The number of nitrogens with zero attached hydrogens (tertiary/aromatic N) is 1. The minimum absolute atomic E-state index is 0.367. The van der Waals surface area contributed by atoms with Gasteiger partial charge in [-0.25, -0.2) is 0 Å². The van der Waals surface area contributed by atoms with Crippen molar-refractivity contribution >= 4 is 0 Å². The zero-order chi connectivity index (χ0) is 30.4. The van der Waals surface area contributed by atoms with E-state index in [9.17, 15) is 0 Å². The van der Waals surface area contributed by atoms with Crippen molar-refractivity contribution in [3.05, 3.63) is 0 Å². The van der Waals surface area contributed by atoms with Gasteiger partial charge in [-0.2, -0.15) is 0 Å². The van der Waals surface area contributed by atoms with Crippen molar-refractivity contribution < 1.29 is 5.11 Å². The van der Waals surface area contributed by atoms with Crippen molar-refractivity contribution in [1.29, 1.82) is 0 Å². The molecule has 0 radical (unpaired) electrons. The molecule has 0 saturated carbocycles. The molecule has 0 atom stereocenters. The SMILES string of the molecule is CCCCCCCCCCCCCCCCN(CCCCCCCCO)CCCCCCCCCCCCCCCC. The van der Waals surface area contributed by atoms with Crippen molar-refractivity contribution in [1.82, 2.24) is 4.90 Å². The fraction of sp³-hybridized carbons (Fsp3) is 1.00. The topological polar surface area (TPSA) is 23.5 Å². The first-order valence-corrected chi connectivity index (χ1v) is 20.2. The van der Waals surface area contributed by atoms with Crippen LogP contribution in [0.5, 0.6) is 0 Å². The van der Waals surface area contributed by atoms with Gasteiger partial charge in [-0.3, -0.25) is 0 Å². The zero-order valence-electron chi connectivity index (χ0n) is 29.8. The molecule has 2 nitrogen and oxygen atoms in total. The Kier molecular flexibility index (Phi) is 38.9. The smallest absolute Gasteiger partial charge is 0.0431 e. The minimum Gasteiger partial charge on any atom is -0.396 e. The monoisotopic (exact) mass is 594 g/mol. The maximum absolute atomic E-state index is 8.98. The fourth-order valence-corrected chi connectivity index (χ4v) is 6.55. The molecule has 0 bridgehead atoms. The molecule has 2 heteroatoms. The maximum Gasteiger partial charge on any atom is 0.0431 e. The van der Waals surface area contributed by atoms with Gasteiger partial charge in [-0.15, -0.1) is 0 Å². The van der Waals surface area contributed by atoms with Crippen molar-refractivity contribution in [2.75, 3.05) is 26.2 Å². The van der Waals surface area contributed by atoms with E-state index in [-0.39, 0.29) is 0 Å². The Bertz CT molecular complexity index is 421. The molecular weight excluding hydrogens is 510 g/mol. The van der Waals surface area contributed by atoms with Gasteiger partial charge in [-0.05, 0) is 45.3 Å². The molecule has 0 aromatic rings. The van der Waals surface area contributed by atoms with Crippen LogP contribution in [0.4, 0.5) is 0 Å². The van der Waals surface area contributed by atoms with Crippen molar-refractivity contribution in [3.63, 3.8) is 0 Å². The van der Waals surface area contributed by atoms with E-state index in [4.69, 9.17) is 5.11 Å². The van der Waals surface area contributed by atoms with Crippen LogP contribution >= 0.6 is 0 Å². The van der Waals surface area contributed by atoms with E-state index in [1.54, 1.807) is 0 Å². The van der Waals surface area contributed by atoms with E-state index < -0.39 is 0 Å². The standard InChI is InChI=1S/C40H83NO/c1-3-5-7-9-11-13-15-17-19-21-23-25-29-33-37-41(39-35-31-27-28-32-36-40-42)38-34-30-26-24-22-20-18-16-14-12-10-8-6-4-2/h42H,3-40H2,1-2H3. The van der Waals surface area contributed by atoms with E-state index in [0.29, 0.717) is 6.61 Å². The molecular formula is C40H83NO. The van der Waals surface area contributed by atoms with E-state index in [1.807, 2.05) is 0 Å². The lowest BCUT2D eigenvalue weighted by atomic mass is 10.0. The van der Waals surface area contributed by atoms with Gasteiger partial charge >= 0.3 is 0 Å². The number of aliphatic hydroxyl groups excluding tert-OH is 1. The summed E-state index contributed by atoms with van der Waals surface area (Å²) in [6.45, 7) is 8.97. The van der Waals surface area contributed by atoms with Crippen LogP contribution in [0.2, 0.25) is 0 Å². The molecule has 0 heterocycles. The Balaban J connectivity index is 3.79. The summed E-state index contributed by atoms with van der Waals surface area (Å²) in [5.41, 5.74) is 0. The van der Waals surface area contributed by atoms with Gasteiger partial charge in [0.05, 0.1) is 0 Å². The number of hydrogen-bond acceptors (Lipinski definition) is 2. The molecule has 0 aliphatic rings. The van der Waals surface area contributed by atoms with Gasteiger partial charge in [0.25, 0.3) is 0 Å². The normalized spacial score (nSPS) is 11.7. The molecule has 0 aliphatic carbocycles. The highest BCUT2D eigenvalue weighted by Crippen LogP contribution is 2.15. The molecule has 254 valence electrons. The summed E-state index contributed by atoms with van der Waals surface area (Å²) < 4.78 is 0. The van der Waals surface area contributed by atoms with E-state index in [1.165, 1.54) is 232 Å². The summed E-state index contributed by atoms with van der Waals surface area (Å²) in [5, 5.41) is 8.98. The largest absolute Gasteiger partial charge is 0.396 e. The molecule has 0 spiro atoms. The first kappa shape index (κ1) is 41.9. The first-order chi connectivity index (χ1) is 20.8. The molecule has 0 fully saturated rings. The Morgan fingerprint density at radius 1 is 0.262 bits per heavy atom. The summed E-state index contributed by atoms with van der Waals surface area (Å²) in [4.78, 5) is 2.81. The minimum atomic E-state index is 0.367. The van der Waals surface area contributed by atoms with E-state index >= 15 is 0 Å². The van der Waals surface area contributed by atoms with Crippen molar-refractivity contribution in [3.8, 4) is 0 Å². The van der Waals surface area contributed by atoms with Gasteiger partial charge in [0.1, 0.15) is 0 Å². The summed E-state index contributed by atoms with van der Waals surface area (Å²) in [7, 11) is 0. The highest BCUT2D eigenvalue weighted by atomic mass is 16.2. The van der Waals surface area contributed by atoms with Gasteiger partial charge in [0, 0.05) is 6.61 Å². The predicted octanol–water partition coefficient (Wildman–Crippen LogP) is 13.6. The van der Waals surface area contributed by atoms with Gasteiger partial charge in [0.15, 0.2) is 0 Å². The third-order valence-electron chi connectivity index (χ3n) is 9.54. The molecule has 1 N–H and O–H groups in total. The van der Waals surface area contributed by atoms with Crippen LogP contribution in [0.1, 0.15) is 232 Å².